The smallest absolute Gasteiger partial charge is 0.376 e. The number of nitrogens with two attached hydrogens (primary N) is 1. The van der Waals surface area contributed by atoms with Crippen LogP contribution in [0.25, 0.3) is 0 Å². The van der Waals surface area contributed by atoms with Crippen LogP contribution in [0.3, 0.4) is 0 Å². The lowest BCUT2D eigenvalue weighted by Gasteiger charge is -2.18. The van der Waals surface area contributed by atoms with Crippen LogP contribution in [-0.4, -0.2) is 26.3 Å². The average molecular weight is 302 g/mol. The van der Waals surface area contributed by atoms with E-state index in [1.54, 1.807) is 6.07 Å². The van der Waals surface area contributed by atoms with Gasteiger partial charge >= 0.3 is 6.18 Å². The van der Waals surface area contributed by atoms with Crippen LogP contribution in [0.5, 0.6) is 0 Å². The molecule has 1 aromatic carbocycles. The molecule has 0 aliphatic carbocycles. The number of ether oxygens (including phenoxy) is 1. The normalized spacial score (nSPS) is 13.2. The molecule has 118 valence electrons. The number of hydrogen-bond donors (Lipinski definition) is 2. The van der Waals surface area contributed by atoms with Crippen molar-refractivity contribution in [1.29, 1.82) is 0 Å². The zero-order valence-electron chi connectivity index (χ0n) is 12.0. The predicted molar refractivity (Wildman–Crippen MR) is 76.9 cm³/mol. The second kappa shape index (κ2) is 8.17. The third-order valence-corrected chi connectivity index (χ3v) is 2.84. The first kappa shape index (κ1) is 17.7. The molecule has 0 aliphatic heterocycles. The van der Waals surface area contributed by atoms with Gasteiger partial charge in [0.15, 0.2) is 0 Å². The highest BCUT2D eigenvalue weighted by atomic mass is 19.4. The highest BCUT2D eigenvalue weighted by Crippen LogP contribution is 2.30. The van der Waals surface area contributed by atoms with Crippen molar-refractivity contribution in [1.82, 2.24) is 5.32 Å². The molecule has 0 aromatic heterocycles. The summed E-state index contributed by atoms with van der Waals surface area (Å²) in [5, 5.41) is 3.09. The van der Waals surface area contributed by atoms with Gasteiger partial charge in [-0.05, 0) is 24.6 Å². The first-order valence-corrected chi connectivity index (χ1v) is 6.67. The third-order valence-electron chi connectivity index (χ3n) is 2.84. The summed E-state index contributed by atoms with van der Waals surface area (Å²) in [6, 6.07) is 4.86. The van der Waals surface area contributed by atoms with Crippen molar-refractivity contribution >= 4 is 0 Å². The molecular formula is C15H21F3N2O. The lowest BCUT2D eigenvalue weighted by atomic mass is 10.0. The van der Waals surface area contributed by atoms with Gasteiger partial charge in [0, 0.05) is 19.1 Å². The molecule has 6 heteroatoms. The predicted octanol–water partition coefficient (Wildman–Crippen LogP) is 2.89. The van der Waals surface area contributed by atoms with Gasteiger partial charge in [-0.2, -0.15) is 13.2 Å². The van der Waals surface area contributed by atoms with Gasteiger partial charge in [0.05, 0.1) is 18.8 Å². The molecule has 1 atom stereocenters. The number of hydrogen-bond acceptors (Lipinski definition) is 3. The minimum atomic E-state index is -4.35. The minimum absolute atomic E-state index is 0.210. The number of alkyl halides is 3. The topological polar surface area (TPSA) is 47.3 Å². The average Bonchev–Trinajstić information content (AvgIpc) is 2.42. The Morgan fingerprint density at radius 3 is 2.71 bits per heavy atom. The molecule has 0 saturated heterocycles. The van der Waals surface area contributed by atoms with Crippen LogP contribution in [0.1, 0.15) is 24.1 Å². The quantitative estimate of drug-likeness (QED) is 0.573. The SMILES string of the molecule is C=C(C)COCCNC(CN)c1cccc(C(F)(F)F)c1. The molecule has 0 aliphatic rings. The fourth-order valence-corrected chi connectivity index (χ4v) is 1.82. The fraction of sp³-hybridized carbons (Fsp3) is 0.467. The van der Waals surface area contributed by atoms with E-state index >= 15 is 0 Å². The van der Waals surface area contributed by atoms with Crippen molar-refractivity contribution < 1.29 is 17.9 Å². The lowest BCUT2D eigenvalue weighted by Crippen LogP contribution is -2.31. The summed E-state index contributed by atoms with van der Waals surface area (Å²) in [7, 11) is 0. The standard InChI is InChI=1S/C15H21F3N2O/c1-11(2)10-21-7-6-20-14(9-19)12-4-3-5-13(8-12)15(16,17)18/h3-5,8,14,20H,1,6-7,9-10,19H2,2H3. The Kier molecular flexibility index (Phi) is 6.87. The van der Waals surface area contributed by atoms with Crippen LogP contribution in [0, 0.1) is 0 Å². The van der Waals surface area contributed by atoms with Crippen molar-refractivity contribution in [3.05, 3.63) is 47.5 Å². The summed E-state index contributed by atoms with van der Waals surface area (Å²) in [5.41, 5.74) is 6.40. The summed E-state index contributed by atoms with van der Waals surface area (Å²) < 4.78 is 43.4. The van der Waals surface area contributed by atoms with E-state index in [9.17, 15) is 13.2 Å². The largest absolute Gasteiger partial charge is 0.416 e. The van der Waals surface area contributed by atoms with Gasteiger partial charge in [-0.1, -0.05) is 24.3 Å². The Morgan fingerprint density at radius 2 is 2.14 bits per heavy atom. The van der Waals surface area contributed by atoms with Gasteiger partial charge in [0.2, 0.25) is 0 Å². The summed E-state index contributed by atoms with van der Waals surface area (Å²) in [6.45, 7) is 7.21. The highest BCUT2D eigenvalue weighted by Gasteiger charge is 2.30. The summed E-state index contributed by atoms with van der Waals surface area (Å²) in [6.07, 6.45) is -4.35. The maximum Gasteiger partial charge on any atom is 0.416 e. The van der Waals surface area contributed by atoms with Crippen LogP contribution in [0.2, 0.25) is 0 Å². The van der Waals surface area contributed by atoms with Crippen molar-refractivity contribution in [2.24, 2.45) is 5.73 Å². The molecule has 0 saturated carbocycles. The van der Waals surface area contributed by atoms with Gasteiger partial charge < -0.3 is 15.8 Å². The molecule has 1 aromatic rings. The molecule has 1 unspecified atom stereocenters. The van der Waals surface area contributed by atoms with Crippen LogP contribution in [0.15, 0.2) is 36.4 Å². The van der Waals surface area contributed by atoms with E-state index in [2.05, 4.69) is 11.9 Å². The summed E-state index contributed by atoms with van der Waals surface area (Å²) >= 11 is 0. The van der Waals surface area contributed by atoms with E-state index in [0.29, 0.717) is 25.3 Å². The molecule has 0 heterocycles. The molecule has 0 spiro atoms. The maximum absolute atomic E-state index is 12.7. The van der Waals surface area contributed by atoms with E-state index < -0.39 is 11.7 Å². The van der Waals surface area contributed by atoms with E-state index in [4.69, 9.17) is 10.5 Å². The van der Waals surface area contributed by atoms with Crippen LogP contribution >= 0.6 is 0 Å². The summed E-state index contributed by atoms with van der Waals surface area (Å²) in [5.74, 6) is 0. The van der Waals surface area contributed by atoms with E-state index in [1.807, 2.05) is 6.92 Å². The van der Waals surface area contributed by atoms with Crippen LogP contribution in [0.4, 0.5) is 13.2 Å². The van der Waals surface area contributed by atoms with Crippen molar-refractivity contribution in [3.63, 3.8) is 0 Å². The monoisotopic (exact) mass is 302 g/mol. The lowest BCUT2D eigenvalue weighted by molar-refractivity contribution is -0.137. The number of benzene rings is 1. The fourth-order valence-electron chi connectivity index (χ4n) is 1.82. The Hall–Kier alpha value is -1.37. The second-order valence-corrected chi connectivity index (χ2v) is 4.88. The van der Waals surface area contributed by atoms with Crippen molar-refractivity contribution in [2.75, 3.05) is 26.3 Å². The number of nitrogens with one attached hydrogen (secondary N) is 1. The molecule has 0 fully saturated rings. The Balaban J connectivity index is 2.58. The highest BCUT2D eigenvalue weighted by molar-refractivity contribution is 5.28. The number of rotatable bonds is 8. The molecule has 3 nitrogen and oxygen atoms in total. The second-order valence-electron chi connectivity index (χ2n) is 4.88. The van der Waals surface area contributed by atoms with Gasteiger partial charge in [-0.25, -0.2) is 0 Å². The van der Waals surface area contributed by atoms with Gasteiger partial charge in [-0.3, -0.25) is 0 Å². The van der Waals surface area contributed by atoms with Gasteiger partial charge in [-0.15, -0.1) is 0 Å². The van der Waals surface area contributed by atoms with Crippen molar-refractivity contribution in [2.45, 2.75) is 19.1 Å². The summed E-state index contributed by atoms with van der Waals surface area (Å²) in [4.78, 5) is 0. The van der Waals surface area contributed by atoms with E-state index in [1.165, 1.54) is 6.07 Å². The molecule has 0 amide bonds. The molecule has 1 rings (SSSR count). The maximum atomic E-state index is 12.7. The molecule has 3 N–H and O–H groups in total. The van der Waals surface area contributed by atoms with Crippen LogP contribution in [-0.2, 0) is 10.9 Å². The zero-order chi connectivity index (χ0) is 15.9. The molecule has 0 radical (unpaired) electrons. The first-order chi connectivity index (χ1) is 9.84. The minimum Gasteiger partial charge on any atom is -0.376 e. The van der Waals surface area contributed by atoms with Crippen LogP contribution < -0.4 is 11.1 Å². The van der Waals surface area contributed by atoms with Gasteiger partial charge in [0.25, 0.3) is 0 Å². The first-order valence-electron chi connectivity index (χ1n) is 6.67. The Morgan fingerprint density at radius 1 is 1.43 bits per heavy atom. The molecule has 0 bridgehead atoms. The zero-order valence-corrected chi connectivity index (χ0v) is 12.0. The molecular weight excluding hydrogens is 281 g/mol. The van der Waals surface area contributed by atoms with Crippen molar-refractivity contribution in [3.8, 4) is 0 Å². The Bertz CT molecular complexity index is 460. The Labute approximate surface area is 123 Å². The van der Waals surface area contributed by atoms with E-state index in [0.717, 1.165) is 17.7 Å². The van der Waals surface area contributed by atoms with E-state index in [-0.39, 0.29) is 12.6 Å². The third kappa shape index (κ3) is 6.29. The van der Waals surface area contributed by atoms with Gasteiger partial charge in [0.1, 0.15) is 0 Å². The number of halogens is 3. The molecule has 21 heavy (non-hydrogen) atoms.